The SMILES string of the molecule is COC(=O)[C@@H](Cc1ccc2ccccc2n1)NC(=O)Cc1ccc(C(F)(F)F)cc1. The highest BCUT2D eigenvalue weighted by Crippen LogP contribution is 2.29. The number of methoxy groups -OCH3 is 1. The number of benzene rings is 2. The number of pyridine rings is 1. The van der Waals surface area contributed by atoms with Gasteiger partial charge in [-0.1, -0.05) is 36.4 Å². The van der Waals surface area contributed by atoms with Gasteiger partial charge in [-0.15, -0.1) is 0 Å². The summed E-state index contributed by atoms with van der Waals surface area (Å²) in [6.07, 6.45) is -4.49. The van der Waals surface area contributed by atoms with E-state index in [0.29, 0.717) is 11.3 Å². The van der Waals surface area contributed by atoms with E-state index in [4.69, 9.17) is 4.74 Å². The Morgan fingerprint density at radius 1 is 1.03 bits per heavy atom. The van der Waals surface area contributed by atoms with Crippen LogP contribution in [-0.4, -0.2) is 30.0 Å². The summed E-state index contributed by atoms with van der Waals surface area (Å²) in [6, 6.07) is 14.5. The zero-order valence-corrected chi connectivity index (χ0v) is 16.1. The Hall–Kier alpha value is -3.42. The van der Waals surface area contributed by atoms with E-state index in [0.717, 1.165) is 23.0 Å². The first-order valence-corrected chi connectivity index (χ1v) is 9.14. The lowest BCUT2D eigenvalue weighted by Crippen LogP contribution is -2.43. The number of halogens is 3. The molecule has 0 aliphatic rings. The molecule has 0 saturated carbocycles. The molecule has 3 rings (SSSR count). The van der Waals surface area contributed by atoms with Crippen LogP contribution in [0.5, 0.6) is 0 Å². The first-order chi connectivity index (χ1) is 14.3. The van der Waals surface area contributed by atoms with Gasteiger partial charge in [0.1, 0.15) is 6.04 Å². The molecule has 0 spiro atoms. The number of carbonyl (C=O) groups excluding carboxylic acids is 2. The Morgan fingerprint density at radius 2 is 1.73 bits per heavy atom. The summed E-state index contributed by atoms with van der Waals surface area (Å²) in [5.74, 6) is -1.14. The molecule has 156 valence electrons. The molecule has 0 saturated heterocycles. The van der Waals surface area contributed by atoms with Crippen LogP contribution in [0.25, 0.3) is 10.9 Å². The van der Waals surface area contributed by atoms with Crippen LogP contribution in [0.4, 0.5) is 13.2 Å². The molecule has 1 amide bonds. The molecule has 0 aliphatic heterocycles. The van der Waals surface area contributed by atoms with Crippen LogP contribution >= 0.6 is 0 Å². The zero-order chi connectivity index (χ0) is 21.7. The van der Waals surface area contributed by atoms with Gasteiger partial charge in [0.15, 0.2) is 0 Å². The van der Waals surface area contributed by atoms with Crippen molar-refractivity contribution in [2.24, 2.45) is 0 Å². The molecular weight excluding hydrogens is 397 g/mol. The Labute approximate surface area is 170 Å². The number of rotatable bonds is 6. The van der Waals surface area contributed by atoms with Gasteiger partial charge in [0.25, 0.3) is 0 Å². The molecule has 1 N–H and O–H groups in total. The van der Waals surface area contributed by atoms with Gasteiger partial charge in [-0.25, -0.2) is 4.79 Å². The third-order valence-electron chi connectivity index (χ3n) is 4.54. The van der Waals surface area contributed by atoms with E-state index in [-0.39, 0.29) is 12.8 Å². The summed E-state index contributed by atoms with van der Waals surface area (Å²) in [7, 11) is 1.21. The fourth-order valence-corrected chi connectivity index (χ4v) is 3.01. The van der Waals surface area contributed by atoms with Gasteiger partial charge in [-0.2, -0.15) is 13.2 Å². The molecule has 0 aliphatic carbocycles. The predicted octanol–water partition coefficient (Wildman–Crippen LogP) is 3.70. The van der Waals surface area contributed by atoms with Crippen LogP contribution in [0.2, 0.25) is 0 Å². The second-order valence-corrected chi connectivity index (χ2v) is 6.71. The Bertz CT molecular complexity index is 1050. The number of nitrogens with zero attached hydrogens (tertiary/aromatic N) is 1. The predicted molar refractivity (Wildman–Crippen MR) is 105 cm³/mol. The van der Waals surface area contributed by atoms with Crippen molar-refractivity contribution >= 4 is 22.8 Å². The minimum absolute atomic E-state index is 0.121. The summed E-state index contributed by atoms with van der Waals surface area (Å²) >= 11 is 0. The molecule has 0 fully saturated rings. The van der Waals surface area contributed by atoms with E-state index >= 15 is 0 Å². The fourth-order valence-electron chi connectivity index (χ4n) is 3.01. The number of aromatic nitrogens is 1. The lowest BCUT2D eigenvalue weighted by atomic mass is 10.1. The van der Waals surface area contributed by atoms with E-state index in [1.165, 1.54) is 19.2 Å². The second-order valence-electron chi connectivity index (χ2n) is 6.71. The number of hydrogen-bond acceptors (Lipinski definition) is 4. The molecule has 1 heterocycles. The summed E-state index contributed by atoms with van der Waals surface area (Å²) in [4.78, 5) is 29.0. The normalized spacial score (nSPS) is 12.4. The van der Waals surface area contributed by atoms with E-state index in [1.807, 2.05) is 30.3 Å². The summed E-state index contributed by atoms with van der Waals surface area (Å²) in [5, 5.41) is 3.53. The molecule has 2 aromatic carbocycles. The number of amides is 1. The molecule has 3 aromatic rings. The van der Waals surface area contributed by atoms with Crippen LogP contribution in [0.15, 0.2) is 60.7 Å². The van der Waals surface area contributed by atoms with E-state index in [9.17, 15) is 22.8 Å². The van der Waals surface area contributed by atoms with Gasteiger partial charge in [0, 0.05) is 17.5 Å². The van der Waals surface area contributed by atoms with Crippen molar-refractivity contribution in [2.75, 3.05) is 7.11 Å². The lowest BCUT2D eigenvalue weighted by Gasteiger charge is -2.16. The molecule has 0 radical (unpaired) electrons. The lowest BCUT2D eigenvalue weighted by molar-refractivity contribution is -0.145. The van der Waals surface area contributed by atoms with Crippen molar-refractivity contribution in [2.45, 2.75) is 25.1 Å². The van der Waals surface area contributed by atoms with Gasteiger partial charge in [0.2, 0.25) is 5.91 Å². The number of alkyl halides is 3. The number of ether oxygens (including phenoxy) is 1. The van der Waals surface area contributed by atoms with Gasteiger partial charge >= 0.3 is 12.1 Å². The molecule has 1 aromatic heterocycles. The van der Waals surface area contributed by atoms with Gasteiger partial charge in [0.05, 0.1) is 24.6 Å². The highest BCUT2D eigenvalue weighted by atomic mass is 19.4. The number of nitrogens with one attached hydrogen (secondary N) is 1. The topological polar surface area (TPSA) is 68.3 Å². The maximum Gasteiger partial charge on any atom is 0.416 e. The average molecular weight is 416 g/mol. The molecule has 0 unspecified atom stereocenters. The minimum atomic E-state index is -4.44. The maximum absolute atomic E-state index is 12.6. The summed E-state index contributed by atoms with van der Waals surface area (Å²) < 4.78 is 42.7. The number of fused-ring (bicyclic) bond motifs is 1. The summed E-state index contributed by atoms with van der Waals surface area (Å²) in [5.41, 5.74) is 0.961. The largest absolute Gasteiger partial charge is 0.467 e. The molecular formula is C22H19F3N2O3. The molecule has 0 bridgehead atoms. The average Bonchev–Trinajstić information content (AvgIpc) is 2.72. The van der Waals surface area contributed by atoms with Crippen molar-refractivity contribution in [3.8, 4) is 0 Å². The maximum atomic E-state index is 12.6. The van der Waals surface area contributed by atoms with Crippen LogP contribution in [-0.2, 0) is 33.3 Å². The number of esters is 1. The van der Waals surface area contributed by atoms with Gasteiger partial charge in [-0.05, 0) is 29.8 Å². The quantitative estimate of drug-likeness (QED) is 0.623. The van der Waals surface area contributed by atoms with Crippen molar-refractivity contribution in [3.63, 3.8) is 0 Å². The van der Waals surface area contributed by atoms with Crippen molar-refractivity contribution < 1.29 is 27.5 Å². The van der Waals surface area contributed by atoms with Gasteiger partial charge < -0.3 is 10.1 Å². The van der Waals surface area contributed by atoms with Crippen LogP contribution in [0.3, 0.4) is 0 Å². The third kappa shape index (κ3) is 5.34. The van der Waals surface area contributed by atoms with E-state index in [1.54, 1.807) is 6.07 Å². The van der Waals surface area contributed by atoms with E-state index in [2.05, 4.69) is 10.3 Å². The Kier molecular flexibility index (Phi) is 6.34. The van der Waals surface area contributed by atoms with Crippen molar-refractivity contribution in [1.29, 1.82) is 0 Å². The first kappa shape index (κ1) is 21.3. The van der Waals surface area contributed by atoms with Gasteiger partial charge in [-0.3, -0.25) is 9.78 Å². The molecule has 8 heteroatoms. The minimum Gasteiger partial charge on any atom is -0.467 e. The van der Waals surface area contributed by atoms with Crippen LogP contribution in [0, 0.1) is 0 Å². The van der Waals surface area contributed by atoms with Crippen LogP contribution in [0.1, 0.15) is 16.8 Å². The molecule has 5 nitrogen and oxygen atoms in total. The highest BCUT2D eigenvalue weighted by molar-refractivity contribution is 5.86. The summed E-state index contributed by atoms with van der Waals surface area (Å²) in [6.45, 7) is 0. The third-order valence-corrected chi connectivity index (χ3v) is 4.54. The number of para-hydroxylation sites is 1. The first-order valence-electron chi connectivity index (χ1n) is 9.14. The number of hydrogen-bond donors (Lipinski definition) is 1. The smallest absolute Gasteiger partial charge is 0.416 e. The van der Waals surface area contributed by atoms with E-state index < -0.39 is 29.7 Å². The van der Waals surface area contributed by atoms with Crippen molar-refractivity contribution in [3.05, 3.63) is 77.5 Å². The highest BCUT2D eigenvalue weighted by Gasteiger charge is 2.30. The monoisotopic (exact) mass is 416 g/mol. The Balaban J connectivity index is 1.69. The number of carbonyl (C=O) groups is 2. The van der Waals surface area contributed by atoms with Crippen LogP contribution < -0.4 is 5.32 Å². The fraction of sp³-hybridized carbons (Fsp3) is 0.227. The molecule has 1 atom stereocenters. The zero-order valence-electron chi connectivity index (χ0n) is 16.1. The molecule has 30 heavy (non-hydrogen) atoms. The van der Waals surface area contributed by atoms with Crippen molar-refractivity contribution in [1.82, 2.24) is 10.3 Å². The second kappa shape index (κ2) is 8.94. The Morgan fingerprint density at radius 3 is 2.40 bits per heavy atom. The standard InChI is InChI=1S/C22H19F3N2O3/c1-30-21(29)19(13-17-11-8-15-4-2-3-5-18(15)26-17)27-20(28)12-14-6-9-16(10-7-14)22(23,24)25/h2-11,19H,12-13H2,1H3,(H,27,28)/t19-/m1/s1.